The lowest BCUT2D eigenvalue weighted by Gasteiger charge is -2.31. The number of hydrogen-bond donors (Lipinski definition) is 1. The fraction of sp³-hybridized carbons (Fsp3) is 0.900. The van der Waals surface area contributed by atoms with E-state index in [0.29, 0.717) is 12.8 Å². The largest absolute Gasteiger partial charge is 0.481 e. The van der Waals surface area contributed by atoms with Crippen LogP contribution in [0, 0.1) is 17.8 Å². The highest BCUT2D eigenvalue weighted by atomic mass is 19.4. The van der Waals surface area contributed by atoms with Crippen LogP contribution < -0.4 is 0 Å². The van der Waals surface area contributed by atoms with Crippen LogP contribution >= 0.6 is 0 Å². The summed E-state index contributed by atoms with van der Waals surface area (Å²) in [6.45, 7) is 1.57. The Hall–Kier alpha value is -0.740. The number of alkyl halides is 3. The predicted molar refractivity (Wildman–Crippen MR) is 48.3 cm³/mol. The summed E-state index contributed by atoms with van der Waals surface area (Å²) in [6.07, 6.45) is -3.22. The molecule has 0 spiro atoms. The van der Waals surface area contributed by atoms with E-state index in [9.17, 15) is 18.0 Å². The van der Waals surface area contributed by atoms with Crippen LogP contribution in [0.4, 0.5) is 13.2 Å². The van der Waals surface area contributed by atoms with Crippen molar-refractivity contribution in [1.82, 2.24) is 0 Å². The normalized spacial score (nSPS) is 29.9. The maximum absolute atomic E-state index is 12.3. The monoisotopic (exact) mass is 224 g/mol. The van der Waals surface area contributed by atoms with Crippen LogP contribution in [0.25, 0.3) is 0 Å². The Morgan fingerprint density at radius 1 is 1.27 bits per heavy atom. The molecule has 1 rings (SSSR count). The summed E-state index contributed by atoms with van der Waals surface area (Å²) in [5, 5.41) is 8.74. The molecule has 0 aromatic carbocycles. The first-order chi connectivity index (χ1) is 6.82. The first-order valence-corrected chi connectivity index (χ1v) is 5.12. The molecule has 0 bridgehead atoms. The van der Waals surface area contributed by atoms with E-state index in [1.54, 1.807) is 6.92 Å². The molecule has 0 amide bonds. The van der Waals surface area contributed by atoms with Crippen molar-refractivity contribution in [2.24, 2.45) is 17.8 Å². The van der Waals surface area contributed by atoms with E-state index < -0.39 is 24.0 Å². The van der Waals surface area contributed by atoms with Crippen molar-refractivity contribution < 1.29 is 23.1 Å². The molecule has 2 nitrogen and oxygen atoms in total. The maximum atomic E-state index is 12.3. The van der Waals surface area contributed by atoms with E-state index >= 15 is 0 Å². The summed E-state index contributed by atoms with van der Waals surface area (Å²) in [6, 6.07) is 0. The van der Waals surface area contributed by atoms with Crippen molar-refractivity contribution in [3.63, 3.8) is 0 Å². The minimum Gasteiger partial charge on any atom is -0.481 e. The van der Waals surface area contributed by atoms with Gasteiger partial charge in [-0.15, -0.1) is 0 Å². The van der Waals surface area contributed by atoms with Crippen LogP contribution in [0.2, 0.25) is 0 Å². The Morgan fingerprint density at radius 3 is 2.07 bits per heavy atom. The Labute approximate surface area is 86.5 Å². The first-order valence-electron chi connectivity index (χ1n) is 5.12. The number of carboxylic acid groups (broad SMARTS) is 1. The van der Waals surface area contributed by atoms with E-state index in [0.717, 1.165) is 0 Å². The lowest BCUT2D eigenvalue weighted by molar-refractivity contribution is -0.185. The fourth-order valence-electron chi connectivity index (χ4n) is 2.15. The third kappa shape index (κ3) is 3.11. The molecule has 1 unspecified atom stereocenters. The highest BCUT2D eigenvalue weighted by Gasteiger charge is 2.42. The molecule has 0 aliphatic heterocycles. The predicted octanol–water partition coefficient (Wildman–Crippen LogP) is 3.08. The van der Waals surface area contributed by atoms with Crippen LogP contribution in [0.1, 0.15) is 32.6 Å². The van der Waals surface area contributed by atoms with Crippen LogP contribution in [0.15, 0.2) is 0 Å². The van der Waals surface area contributed by atoms with Gasteiger partial charge < -0.3 is 5.11 Å². The molecule has 88 valence electrons. The van der Waals surface area contributed by atoms with Crippen LogP contribution in [0.3, 0.4) is 0 Å². The summed E-state index contributed by atoms with van der Waals surface area (Å²) in [5.74, 6) is -2.76. The maximum Gasteiger partial charge on any atom is 0.391 e. The molecule has 0 aromatic heterocycles. The summed E-state index contributed by atoms with van der Waals surface area (Å²) < 4.78 is 36.9. The molecule has 5 heteroatoms. The number of carbonyl (C=O) groups is 1. The van der Waals surface area contributed by atoms with Gasteiger partial charge in [-0.3, -0.25) is 4.79 Å². The van der Waals surface area contributed by atoms with Crippen molar-refractivity contribution in [3.8, 4) is 0 Å². The lowest BCUT2D eigenvalue weighted by Crippen LogP contribution is -2.31. The average Bonchev–Trinajstić information content (AvgIpc) is 2.15. The Bertz CT molecular complexity index is 229. The van der Waals surface area contributed by atoms with Crippen molar-refractivity contribution >= 4 is 5.97 Å². The van der Waals surface area contributed by atoms with E-state index in [-0.39, 0.29) is 18.8 Å². The van der Waals surface area contributed by atoms with Gasteiger partial charge in [-0.2, -0.15) is 13.2 Å². The Kier molecular flexibility index (Phi) is 3.62. The molecule has 0 heterocycles. The summed E-state index contributed by atoms with van der Waals surface area (Å²) in [7, 11) is 0. The second kappa shape index (κ2) is 4.41. The standard InChI is InChI=1S/C10H15F3O2/c1-6(9(14)15)7-2-4-8(5-3-7)10(11,12)13/h6-8H,2-5H2,1H3,(H,14,15). The summed E-state index contributed by atoms with van der Waals surface area (Å²) in [5.41, 5.74) is 0. The number of aliphatic carboxylic acids is 1. The zero-order valence-electron chi connectivity index (χ0n) is 8.55. The van der Waals surface area contributed by atoms with Crippen molar-refractivity contribution in [3.05, 3.63) is 0 Å². The smallest absolute Gasteiger partial charge is 0.391 e. The SMILES string of the molecule is CC(C(=O)O)C1CCC(C(F)(F)F)CC1. The summed E-state index contributed by atoms with van der Waals surface area (Å²) >= 11 is 0. The molecule has 0 aromatic rings. The van der Waals surface area contributed by atoms with E-state index in [2.05, 4.69) is 0 Å². The number of halogens is 3. The van der Waals surface area contributed by atoms with Crippen LogP contribution in [0.5, 0.6) is 0 Å². The zero-order chi connectivity index (χ0) is 11.6. The molecule has 15 heavy (non-hydrogen) atoms. The van der Waals surface area contributed by atoms with Gasteiger partial charge in [-0.1, -0.05) is 6.92 Å². The van der Waals surface area contributed by atoms with Crippen molar-refractivity contribution in [2.75, 3.05) is 0 Å². The molecular weight excluding hydrogens is 209 g/mol. The molecule has 1 aliphatic rings. The minimum atomic E-state index is -4.11. The van der Waals surface area contributed by atoms with Crippen LogP contribution in [-0.2, 0) is 4.79 Å². The molecule has 0 radical (unpaired) electrons. The molecule has 1 saturated carbocycles. The Morgan fingerprint density at radius 2 is 1.73 bits per heavy atom. The van der Waals surface area contributed by atoms with Gasteiger partial charge in [0.05, 0.1) is 11.8 Å². The minimum absolute atomic E-state index is 0.0752. The van der Waals surface area contributed by atoms with Gasteiger partial charge in [0.1, 0.15) is 0 Å². The Balaban J connectivity index is 2.46. The van der Waals surface area contributed by atoms with E-state index in [1.165, 1.54) is 0 Å². The van der Waals surface area contributed by atoms with Crippen molar-refractivity contribution in [1.29, 1.82) is 0 Å². The van der Waals surface area contributed by atoms with Gasteiger partial charge in [0, 0.05) is 0 Å². The molecule has 0 saturated heterocycles. The van der Waals surface area contributed by atoms with Gasteiger partial charge in [0.2, 0.25) is 0 Å². The highest BCUT2D eigenvalue weighted by Crippen LogP contribution is 2.41. The molecular formula is C10H15F3O2. The van der Waals surface area contributed by atoms with E-state index in [4.69, 9.17) is 5.11 Å². The van der Waals surface area contributed by atoms with Crippen molar-refractivity contribution in [2.45, 2.75) is 38.8 Å². The fourth-order valence-corrected chi connectivity index (χ4v) is 2.15. The number of hydrogen-bond acceptors (Lipinski definition) is 1. The number of rotatable bonds is 2. The lowest BCUT2D eigenvalue weighted by atomic mass is 9.76. The first kappa shape index (κ1) is 12.3. The summed E-state index contributed by atoms with van der Waals surface area (Å²) in [4.78, 5) is 10.7. The third-order valence-corrected chi connectivity index (χ3v) is 3.33. The average molecular weight is 224 g/mol. The quantitative estimate of drug-likeness (QED) is 0.782. The second-order valence-corrected chi connectivity index (χ2v) is 4.28. The van der Waals surface area contributed by atoms with E-state index in [1.807, 2.05) is 0 Å². The second-order valence-electron chi connectivity index (χ2n) is 4.28. The molecule has 1 atom stereocenters. The van der Waals surface area contributed by atoms with Gasteiger partial charge >= 0.3 is 12.1 Å². The molecule has 1 fully saturated rings. The van der Waals surface area contributed by atoms with Gasteiger partial charge in [0.15, 0.2) is 0 Å². The topological polar surface area (TPSA) is 37.3 Å². The molecule has 1 N–H and O–H groups in total. The highest BCUT2D eigenvalue weighted by molar-refractivity contribution is 5.69. The molecule has 1 aliphatic carbocycles. The number of carboxylic acids is 1. The van der Waals surface area contributed by atoms with Gasteiger partial charge in [-0.05, 0) is 31.6 Å². The third-order valence-electron chi connectivity index (χ3n) is 3.33. The van der Waals surface area contributed by atoms with Gasteiger partial charge in [-0.25, -0.2) is 0 Å². The van der Waals surface area contributed by atoms with Gasteiger partial charge in [0.25, 0.3) is 0 Å². The zero-order valence-corrected chi connectivity index (χ0v) is 8.55. The van der Waals surface area contributed by atoms with Crippen LogP contribution in [-0.4, -0.2) is 17.3 Å².